The highest BCUT2D eigenvalue weighted by molar-refractivity contribution is 7.89. The number of aromatic nitrogens is 3. The van der Waals surface area contributed by atoms with Crippen LogP contribution in [-0.2, 0) is 28.0 Å². The molecule has 2 aromatic heterocycles. The number of quaternary nitrogens is 1. The number of benzene rings is 1. The van der Waals surface area contributed by atoms with Gasteiger partial charge in [0.25, 0.3) is 0 Å². The molecule has 0 spiro atoms. The van der Waals surface area contributed by atoms with E-state index in [-0.39, 0.29) is 6.10 Å². The van der Waals surface area contributed by atoms with E-state index >= 15 is 0 Å². The molecule has 1 atom stereocenters. The van der Waals surface area contributed by atoms with Gasteiger partial charge in [0.05, 0.1) is 48.6 Å². The molecule has 0 radical (unpaired) electrons. The van der Waals surface area contributed by atoms with Gasteiger partial charge in [0.15, 0.2) is 12.5 Å². The van der Waals surface area contributed by atoms with Crippen LogP contribution in [0.3, 0.4) is 0 Å². The lowest BCUT2D eigenvalue weighted by Crippen LogP contribution is -3.14. The predicted molar refractivity (Wildman–Crippen MR) is 139 cm³/mol. The lowest BCUT2D eigenvalue weighted by atomic mass is 10.2. The van der Waals surface area contributed by atoms with E-state index in [0.29, 0.717) is 49.1 Å². The predicted octanol–water partition coefficient (Wildman–Crippen LogP) is 2.49. The molecule has 1 aromatic carbocycles. The molecule has 1 N–H and O–H groups in total. The van der Waals surface area contributed by atoms with E-state index in [9.17, 15) is 8.42 Å². The maximum absolute atomic E-state index is 13.3. The summed E-state index contributed by atoms with van der Waals surface area (Å²) in [5.74, 6) is 0.885. The largest absolute Gasteiger partial charge is 0.376 e. The lowest BCUT2D eigenvalue weighted by molar-refractivity contribution is -0.926. The SMILES string of the molecule is Cc1ccc(C)c(S(=O)(=O)N2CC[NH+](Cn3nc(-c4cccs4)n(C[C@H]4CCCO4)c3=S)CC2)c1. The van der Waals surface area contributed by atoms with E-state index < -0.39 is 10.0 Å². The van der Waals surface area contributed by atoms with Gasteiger partial charge in [-0.15, -0.1) is 16.4 Å². The number of rotatable bonds is 7. The molecular formula is C24H32N5O3S3+. The zero-order valence-electron chi connectivity index (χ0n) is 20.1. The smallest absolute Gasteiger partial charge is 0.243 e. The summed E-state index contributed by atoms with van der Waals surface area (Å²) in [6.07, 6.45) is 2.29. The minimum Gasteiger partial charge on any atom is -0.376 e. The van der Waals surface area contributed by atoms with Crippen molar-refractivity contribution >= 4 is 33.6 Å². The molecule has 0 amide bonds. The molecule has 0 bridgehead atoms. The van der Waals surface area contributed by atoms with Gasteiger partial charge >= 0.3 is 0 Å². The van der Waals surface area contributed by atoms with E-state index in [4.69, 9.17) is 22.1 Å². The molecule has 11 heteroatoms. The zero-order chi connectivity index (χ0) is 24.6. The molecule has 35 heavy (non-hydrogen) atoms. The van der Waals surface area contributed by atoms with Crippen LogP contribution in [0.4, 0.5) is 0 Å². The maximum atomic E-state index is 13.3. The zero-order valence-corrected chi connectivity index (χ0v) is 22.6. The van der Waals surface area contributed by atoms with Crippen molar-refractivity contribution in [1.29, 1.82) is 0 Å². The van der Waals surface area contributed by atoms with E-state index in [2.05, 4.69) is 16.0 Å². The van der Waals surface area contributed by atoms with Crippen molar-refractivity contribution in [2.45, 2.75) is 50.9 Å². The average Bonchev–Trinajstić information content (AvgIpc) is 3.61. The van der Waals surface area contributed by atoms with Crippen molar-refractivity contribution in [3.8, 4) is 10.7 Å². The Morgan fingerprint density at radius 3 is 2.71 bits per heavy atom. The Labute approximate surface area is 215 Å². The van der Waals surface area contributed by atoms with Crippen LogP contribution in [0.1, 0.15) is 24.0 Å². The topological polar surface area (TPSA) is 73.8 Å². The van der Waals surface area contributed by atoms with Crippen LogP contribution in [0.25, 0.3) is 10.7 Å². The summed E-state index contributed by atoms with van der Waals surface area (Å²) in [7, 11) is -3.50. The first-order chi connectivity index (χ1) is 16.8. The van der Waals surface area contributed by atoms with Crippen LogP contribution in [0.2, 0.25) is 0 Å². The first-order valence-electron chi connectivity index (χ1n) is 12.1. The van der Waals surface area contributed by atoms with E-state index in [1.54, 1.807) is 21.7 Å². The molecule has 5 rings (SSSR count). The Bertz CT molecular complexity index is 1330. The summed E-state index contributed by atoms with van der Waals surface area (Å²) in [5, 5.41) is 6.95. The second-order valence-electron chi connectivity index (χ2n) is 9.41. The van der Waals surface area contributed by atoms with Gasteiger partial charge in [-0.05, 0) is 67.5 Å². The van der Waals surface area contributed by atoms with Crippen molar-refractivity contribution in [3.05, 3.63) is 51.6 Å². The second kappa shape index (κ2) is 10.2. The van der Waals surface area contributed by atoms with Crippen LogP contribution >= 0.6 is 23.6 Å². The minimum absolute atomic E-state index is 0.171. The number of hydrogen-bond donors (Lipinski definition) is 1. The summed E-state index contributed by atoms with van der Waals surface area (Å²) in [4.78, 5) is 2.77. The molecule has 2 aliphatic heterocycles. The maximum Gasteiger partial charge on any atom is 0.243 e. The van der Waals surface area contributed by atoms with Crippen molar-refractivity contribution < 1.29 is 18.1 Å². The van der Waals surface area contributed by atoms with E-state index in [1.165, 1.54) is 4.90 Å². The fourth-order valence-corrected chi connectivity index (χ4v) is 7.56. The average molecular weight is 535 g/mol. The molecule has 2 aliphatic rings. The Morgan fingerprint density at radius 2 is 2.03 bits per heavy atom. The summed E-state index contributed by atoms with van der Waals surface area (Å²) in [5.41, 5.74) is 1.74. The molecule has 2 fully saturated rings. The Balaban J connectivity index is 1.31. The third kappa shape index (κ3) is 5.16. The van der Waals surface area contributed by atoms with Crippen LogP contribution in [0.5, 0.6) is 0 Å². The van der Waals surface area contributed by atoms with Gasteiger partial charge < -0.3 is 9.64 Å². The van der Waals surface area contributed by atoms with Gasteiger partial charge in [-0.25, -0.2) is 8.42 Å². The normalized spacial score (nSPS) is 20.0. The molecule has 3 aromatic rings. The second-order valence-corrected chi connectivity index (χ2v) is 12.6. The van der Waals surface area contributed by atoms with Gasteiger partial charge in [-0.1, -0.05) is 18.2 Å². The molecule has 4 heterocycles. The number of nitrogens with one attached hydrogen (secondary N) is 1. The van der Waals surface area contributed by atoms with Crippen molar-refractivity contribution in [2.24, 2.45) is 0 Å². The van der Waals surface area contributed by atoms with Gasteiger partial charge in [0.1, 0.15) is 0 Å². The van der Waals surface area contributed by atoms with Gasteiger partial charge in [-0.2, -0.15) is 8.99 Å². The van der Waals surface area contributed by atoms with Crippen LogP contribution in [0, 0.1) is 18.6 Å². The van der Waals surface area contributed by atoms with Gasteiger partial charge in [-0.3, -0.25) is 4.57 Å². The van der Waals surface area contributed by atoms with Gasteiger partial charge in [0.2, 0.25) is 14.8 Å². The monoisotopic (exact) mass is 534 g/mol. The van der Waals surface area contributed by atoms with Gasteiger partial charge in [0, 0.05) is 6.61 Å². The molecular weight excluding hydrogens is 502 g/mol. The molecule has 0 aliphatic carbocycles. The minimum atomic E-state index is -3.50. The molecule has 0 saturated carbocycles. The van der Waals surface area contributed by atoms with Crippen molar-refractivity contribution in [3.63, 3.8) is 0 Å². The third-order valence-electron chi connectivity index (χ3n) is 6.84. The molecule has 188 valence electrons. The quantitative estimate of drug-likeness (QED) is 0.472. The Kier molecular flexibility index (Phi) is 7.25. The number of piperazine rings is 1. The highest BCUT2D eigenvalue weighted by Gasteiger charge is 2.32. The lowest BCUT2D eigenvalue weighted by Gasteiger charge is -2.31. The first-order valence-corrected chi connectivity index (χ1v) is 14.8. The fraction of sp³-hybridized carbons (Fsp3) is 0.500. The van der Waals surface area contributed by atoms with E-state index in [0.717, 1.165) is 41.3 Å². The summed E-state index contributed by atoms with van der Waals surface area (Å²) >= 11 is 7.51. The number of thiophene rings is 1. The van der Waals surface area contributed by atoms with Crippen LogP contribution < -0.4 is 4.90 Å². The van der Waals surface area contributed by atoms with Crippen molar-refractivity contribution in [2.75, 3.05) is 32.8 Å². The molecule has 8 nitrogen and oxygen atoms in total. The summed E-state index contributed by atoms with van der Waals surface area (Å²) < 4.78 is 38.8. The standard InChI is InChI=1S/C24H31N5O3S3/c1-18-7-8-19(2)22(15-18)35(30,31)27-11-9-26(10-12-27)17-29-24(33)28(16-20-5-3-13-32-20)23(25-29)21-6-4-14-34-21/h4,6-8,14-15,20H,3,5,9-13,16-17H2,1-2H3/p+1/t20-/m1/s1. The Hall–Kier alpha value is -1.89. The first kappa shape index (κ1) is 24.8. The van der Waals surface area contributed by atoms with Crippen molar-refractivity contribution in [1.82, 2.24) is 18.7 Å². The third-order valence-corrected chi connectivity index (χ3v) is 10.2. The number of hydrogen-bond acceptors (Lipinski definition) is 6. The number of nitrogens with zero attached hydrogens (tertiary/aromatic N) is 4. The summed E-state index contributed by atoms with van der Waals surface area (Å²) in [6.45, 7) is 8.29. The fourth-order valence-electron chi connectivity index (χ4n) is 4.83. The highest BCUT2D eigenvalue weighted by atomic mass is 32.2. The van der Waals surface area contributed by atoms with Crippen LogP contribution in [-0.4, -0.2) is 66.0 Å². The summed E-state index contributed by atoms with van der Waals surface area (Å²) in [6, 6.07) is 9.70. The van der Waals surface area contributed by atoms with E-state index in [1.807, 2.05) is 36.7 Å². The highest BCUT2D eigenvalue weighted by Crippen LogP contribution is 2.26. The number of ether oxygens (including phenoxy) is 1. The molecule has 2 saturated heterocycles. The number of aryl methyl sites for hydroxylation is 2. The number of sulfonamides is 1. The Morgan fingerprint density at radius 1 is 1.23 bits per heavy atom. The van der Waals surface area contributed by atoms with Crippen LogP contribution in [0.15, 0.2) is 40.6 Å². The molecule has 0 unspecified atom stereocenters.